The van der Waals surface area contributed by atoms with E-state index in [0.29, 0.717) is 23.7 Å². The van der Waals surface area contributed by atoms with Gasteiger partial charge in [-0.15, -0.1) is 0 Å². The van der Waals surface area contributed by atoms with Gasteiger partial charge in [0.1, 0.15) is 5.75 Å². The molecule has 0 aliphatic carbocycles. The smallest absolute Gasteiger partial charge is 0.260 e. The van der Waals surface area contributed by atoms with Gasteiger partial charge in [0, 0.05) is 23.5 Å². The third-order valence-corrected chi connectivity index (χ3v) is 4.89. The van der Waals surface area contributed by atoms with Crippen LogP contribution in [0.2, 0.25) is 5.02 Å². The molecule has 2 aromatic carbocycles. The molecule has 2 N–H and O–H groups in total. The fourth-order valence-corrected chi connectivity index (χ4v) is 2.98. The zero-order valence-electron chi connectivity index (χ0n) is 13.9. The van der Waals surface area contributed by atoms with Gasteiger partial charge in [-0.1, -0.05) is 57.9 Å². The normalized spacial score (nSPS) is 13.1. The second-order valence-corrected chi connectivity index (χ2v) is 7.04. The Hall–Kier alpha value is -1.56. The van der Waals surface area contributed by atoms with Crippen LogP contribution in [-0.2, 0) is 11.2 Å². The fraction of sp³-hybridized carbons (Fsp3) is 0.316. The van der Waals surface area contributed by atoms with Crippen molar-refractivity contribution in [2.45, 2.75) is 19.4 Å². The highest BCUT2D eigenvalue weighted by atomic mass is 79.9. The zero-order valence-corrected chi connectivity index (χ0v) is 16.3. The zero-order chi connectivity index (χ0) is 18.2. The summed E-state index contributed by atoms with van der Waals surface area (Å²) < 4.78 is 6.59. The van der Waals surface area contributed by atoms with Gasteiger partial charge in [0.25, 0.3) is 5.91 Å². The summed E-state index contributed by atoms with van der Waals surface area (Å²) in [4.78, 5) is 12.2. The van der Waals surface area contributed by atoms with Crippen LogP contribution >= 0.6 is 27.5 Å². The van der Waals surface area contributed by atoms with E-state index in [4.69, 9.17) is 16.3 Å². The molecule has 0 fully saturated rings. The third kappa shape index (κ3) is 6.03. The molecule has 0 spiro atoms. The summed E-state index contributed by atoms with van der Waals surface area (Å²) in [6, 6.07) is 14.9. The van der Waals surface area contributed by atoms with Gasteiger partial charge in [0.15, 0.2) is 6.10 Å². The molecule has 0 aliphatic rings. The summed E-state index contributed by atoms with van der Waals surface area (Å²) in [5, 5.41) is 12.9. The number of rotatable bonds is 8. The molecular formula is C19H21BrClNO3. The number of aliphatic hydroxyl groups is 1. The number of halogens is 2. The first-order valence-corrected chi connectivity index (χ1v) is 9.21. The molecule has 0 heterocycles. The van der Waals surface area contributed by atoms with E-state index in [9.17, 15) is 9.90 Å². The number of carbonyl (C=O) groups excluding carboxylic acids is 1. The van der Waals surface area contributed by atoms with Crippen molar-refractivity contribution >= 4 is 33.4 Å². The van der Waals surface area contributed by atoms with Gasteiger partial charge in [-0.2, -0.15) is 0 Å². The number of amides is 1. The van der Waals surface area contributed by atoms with Gasteiger partial charge < -0.3 is 15.2 Å². The number of carbonyl (C=O) groups is 1. The van der Waals surface area contributed by atoms with Crippen LogP contribution in [0.1, 0.15) is 12.5 Å². The summed E-state index contributed by atoms with van der Waals surface area (Å²) in [5.74, 6) is 0.152. The maximum Gasteiger partial charge on any atom is 0.260 e. The van der Waals surface area contributed by atoms with Crippen molar-refractivity contribution in [3.8, 4) is 5.75 Å². The highest BCUT2D eigenvalue weighted by Gasteiger charge is 2.18. The number of hydrogen-bond donors (Lipinski definition) is 2. The summed E-state index contributed by atoms with van der Waals surface area (Å²) in [6.45, 7) is 2.02. The summed E-state index contributed by atoms with van der Waals surface area (Å²) in [5.41, 5.74) is 1.09. The lowest BCUT2D eigenvalue weighted by Crippen LogP contribution is -2.40. The van der Waals surface area contributed by atoms with E-state index in [0.717, 1.165) is 10.0 Å². The lowest BCUT2D eigenvalue weighted by atomic mass is 10.00. The van der Waals surface area contributed by atoms with E-state index in [1.165, 1.54) is 0 Å². The Morgan fingerprint density at radius 1 is 1.24 bits per heavy atom. The number of aliphatic hydroxyl groups excluding tert-OH is 1. The van der Waals surface area contributed by atoms with Crippen molar-refractivity contribution in [2.75, 3.05) is 13.2 Å². The molecule has 0 unspecified atom stereocenters. The van der Waals surface area contributed by atoms with Gasteiger partial charge in [0.2, 0.25) is 0 Å². The molecule has 2 rings (SSSR count). The van der Waals surface area contributed by atoms with Crippen molar-refractivity contribution in [2.24, 2.45) is 5.92 Å². The molecule has 0 saturated carbocycles. The van der Waals surface area contributed by atoms with Crippen molar-refractivity contribution < 1.29 is 14.6 Å². The van der Waals surface area contributed by atoms with Crippen LogP contribution < -0.4 is 10.1 Å². The molecule has 4 nitrogen and oxygen atoms in total. The standard InChI is InChI=1S/C19H21BrClNO3/c1-13(25-18-9-5-4-8-17(18)21)19(24)22-11-14(12-23)10-15-6-2-3-7-16(15)20/h2-9,13-14,23H,10-12H2,1H3,(H,22,24)/t13-,14+/m1/s1. The highest BCUT2D eigenvalue weighted by molar-refractivity contribution is 9.10. The SMILES string of the molecule is C[C@@H](Oc1ccccc1Cl)C(=O)NC[C@@H](CO)Cc1ccccc1Br. The van der Waals surface area contributed by atoms with Crippen molar-refractivity contribution in [1.29, 1.82) is 0 Å². The van der Waals surface area contributed by atoms with E-state index in [1.807, 2.05) is 24.3 Å². The van der Waals surface area contributed by atoms with Crippen LogP contribution in [0, 0.1) is 5.92 Å². The average molecular weight is 427 g/mol. The topological polar surface area (TPSA) is 58.6 Å². The predicted molar refractivity (Wildman–Crippen MR) is 103 cm³/mol. The molecule has 0 bridgehead atoms. The first-order valence-electron chi connectivity index (χ1n) is 8.04. The van der Waals surface area contributed by atoms with Crippen molar-refractivity contribution in [1.82, 2.24) is 5.32 Å². The summed E-state index contributed by atoms with van der Waals surface area (Å²) in [7, 11) is 0. The molecule has 134 valence electrons. The Bertz CT molecular complexity index is 711. The molecule has 6 heteroatoms. The molecule has 0 aliphatic heterocycles. The second kappa shape index (κ2) is 9.80. The molecule has 25 heavy (non-hydrogen) atoms. The van der Waals surface area contributed by atoms with Crippen LogP contribution in [-0.4, -0.2) is 30.3 Å². The van der Waals surface area contributed by atoms with Gasteiger partial charge >= 0.3 is 0 Å². The predicted octanol–water partition coefficient (Wildman–Crippen LogP) is 3.84. The Morgan fingerprint density at radius 2 is 1.92 bits per heavy atom. The van der Waals surface area contributed by atoms with Crippen LogP contribution in [0.3, 0.4) is 0 Å². The first-order chi connectivity index (χ1) is 12.0. The Kier molecular flexibility index (Phi) is 7.75. The minimum atomic E-state index is -0.678. The van der Waals surface area contributed by atoms with Crippen molar-refractivity contribution in [3.63, 3.8) is 0 Å². The number of benzene rings is 2. The largest absolute Gasteiger partial charge is 0.479 e. The number of nitrogens with one attached hydrogen (secondary N) is 1. The van der Waals surface area contributed by atoms with E-state index in [1.54, 1.807) is 31.2 Å². The van der Waals surface area contributed by atoms with Gasteiger partial charge in [-0.3, -0.25) is 4.79 Å². The average Bonchev–Trinajstić information content (AvgIpc) is 2.61. The monoisotopic (exact) mass is 425 g/mol. The van der Waals surface area contributed by atoms with Crippen LogP contribution in [0.15, 0.2) is 53.0 Å². The van der Waals surface area contributed by atoms with Gasteiger partial charge in [-0.25, -0.2) is 0 Å². The van der Waals surface area contributed by atoms with E-state index in [2.05, 4.69) is 21.2 Å². The minimum Gasteiger partial charge on any atom is -0.479 e. The second-order valence-electron chi connectivity index (χ2n) is 5.78. The Labute approximate surface area is 161 Å². The van der Waals surface area contributed by atoms with Crippen molar-refractivity contribution in [3.05, 3.63) is 63.6 Å². The number of ether oxygens (including phenoxy) is 1. The van der Waals surface area contributed by atoms with E-state index >= 15 is 0 Å². The molecule has 2 aromatic rings. The van der Waals surface area contributed by atoms with Gasteiger partial charge in [-0.05, 0) is 37.1 Å². The molecular weight excluding hydrogens is 406 g/mol. The van der Waals surface area contributed by atoms with Crippen LogP contribution in [0.4, 0.5) is 0 Å². The van der Waals surface area contributed by atoms with Gasteiger partial charge in [0.05, 0.1) is 5.02 Å². The van der Waals surface area contributed by atoms with Crippen LogP contribution in [0.25, 0.3) is 0 Å². The molecule has 0 aromatic heterocycles. The van der Waals surface area contributed by atoms with E-state index in [-0.39, 0.29) is 18.4 Å². The quantitative estimate of drug-likeness (QED) is 0.674. The maximum absolute atomic E-state index is 12.2. The highest BCUT2D eigenvalue weighted by Crippen LogP contribution is 2.24. The van der Waals surface area contributed by atoms with Crippen LogP contribution in [0.5, 0.6) is 5.75 Å². The Morgan fingerprint density at radius 3 is 2.60 bits per heavy atom. The fourth-order valence-electron chi connectivity index (χ4n) is 2.35. The molecule has 1 amide bonds. The number of hydrogen-bond acceptors (Lipinski definition) is 3. The molecule has 2 atom stereocenters. The van der Waals surface area contributed by atoms with E-state index < -0.39 is 6.10 Å². The third-order valence-electron chi connectivity index (χ3n) is 3.80. The summed E-state index contributed by atoms with van der Waals surface area (Å²) >= 11 is 9.53. The molecule has 0 saturated heterocycles. The summed E-state index contributed by atoms with van der Waals surface area (Å²) in [6.07, 6.45) is -0.0134. The lowest BCUT2D eigenvalue weighted by Gasteiger charge is -2.19. The molecule has 0 radical (unpaired) electrons. The number of para-hydroxylation sites is 1. The minimum absolute atomic E-state index is 0.0125. The lowest BCUT2D eigenvalue weighted by molar-refractivity contribution is -0.127. The first kappa shape index (κ1) is 19.8. The Balaban J connectivity index is 1.87. The maximum atomic E-state index is 12.2.